The molecule has 11 heteroatoms. The van der Waals surface area contributed by atoms with Gasteiger partial charge < -0.3 is 19.7 Å². The van der Waals surface area contributed by atoms with Gasteiger partial charge in [0.15, 0.2) is 6.73 Å². The van der Waals surface area contributed by atoms with Crippen LogP contribution in [0.5, 0.6) is 5.88 Å². The van der Waals surface area contributed by atoms with Gasteiger partial charge in [0.25, 0.3) is 5.91 Å². The van der Waals surface area contributed by atoms with Gasteiger partial charge >= 0.3 is 6.09 Å². The Hall–Kier alpha value is -3.56. The molecule has 0 radical (unpaired) electrons. The van der Waals surface area contributed by atoms with Gasteiger partial charge in [0.05, 0.1) is 15.7 Å². The minimum absolute atomic E-state index is 0.0846. The lowest BCUT2D eigenvalue weighted by Crippen LogP contribution is -2.39. The highest BCUT2D eigenvalue weighted by atomic mass is 35.5. The van der Waals surface area contributed by atoms with E-state index in [-0.39, 0.29) is 30.2 Å². The van der Waals surface area contributed by atoms with Gasteiger partial charge in [-0.1, -0.05) is 35.3 Å². The van der Waals surface area contributed by atoms with E-state index in [1.54, 1.807) is 23.1 Å². The van der Waals surface area contributed by atoms with Crippen molar-refractivity contribution in [1.82, 2.24) is 14.9 Å². The first-order valence-electron chi connectivity index (χ1n) is 11.7. The molecule has 2 aromatic carbocycles. The van der Waals surface area contributed by atoms with Crippen LogP contribution in [-0.2, 0) is 17.7 Å². The summed E-state index contributed by atoms with van der Waals surface area (Å²) in [6.07, 6.45) is 1.81. The van der Waals surface area contributed by atoms with E-state index in [1.807, 2.05) is 39.0 Å². The van der Waals surface area contributed by atoms with Crippen LogP contribution in [0, 0.1) is 0 Å². The van der Waals surface area contributed by atoms with E-state index in [9.17, 15) is 9.59 Å². The second-order valence-electron chi connectivity index (χ2n) is 9.75. The van der Waals surface area contributed by atoms with E-state index >= 15 is 0 Å². The van der Waals surface area contributed by atoms with Crippen LogP contribution < -0.4 is 15.0 Å². The summed E-state index contributed by atoms with van der Waals surface area (Å²) >= 11 is 12.5. The summed E-state index contributed by atoms with van der Waals surface area (Å²) in [6, 6.07) is 10.9. The van der Waals surface area contributed by atoms with E-state index in [0.29, 0.717) is 41.2 Å². The number of hydrogen-bond acceptors (Lipinski definition) is 7. The van der Waals surface area contributed by atoms with Gasteiger partial charge in [0, 0.05) is 25.0 Å². The molecule has 3 heterocycles. The predicted octanol–water partition coefficient (Wildman–Crippen LogP) is 5.82. The maximum Gasteiger partial charge on any atom is 0.410 e. The molecule has 1 aromatic heterocycles. The number of carbonyl (C=O) groups is 2. The number of benzene rings is 2. The Labute approximate surface area is 224 Å². The molecule has 2 amide bonds. The summed E-state index contributed by atoms with van der Waals surface area (Å²) in [5.74, 6) is 0.112. The zero-order valence-electron chi connectivity index (χ0n) is 20.5. The van der Waals surface area contributed by atoms with Crippen LogP contribution in [0.15, 0.2) is 42.6 Å². The van der Waals surface area contributed by atoms with Crippen LogP contribution in [0.25, 0.3) is 0 Å². The highest BCUT2D eigenvalue weighted by molar-refractivity contribution is 6.40. The SMILES string of the molecule is CC(C)(C)OC(=O)N1CCc2cc(Nc3ncc4c(n3)OCN(c3c(Cl)cccc3Cl)C4=O)ccc2C1. The monoisotopic (exact) mass is 541 g/mol. The third-order valence-electron chi connectivity index (χ3n) is 5.89. The second kappa shape index (κ2) is 9.72. The lowest BCUT2D eigenvalue weighted by Gasteiger charge is -2.31. The minimum atomic E-state index is -0.533. The number of hydrogen-bond donors (Lipinski definition) is 1. The zero-order valence-corrected chi connectivity index (χ0v) is 22.1. The van der Waals surface area contributed by atoms with Gasteiger partial charge in [-0.2, -0.15) is 4.98 Å². The highest BCUT2D eigenvalue weighted by Crippen LogP contribution is 2.37. The van der Waals surface area contributed by atoms with Crippen LogP contribution >= 0.6 is 23.2 Å². The molecule has 0 bridgehead atoms. The van der Waals surface area contributed by atoms with E-state index in [0.717, 1.165) is 16.8 Å². The lowest BCUT2D eigenvalue weighted by molar-refractivity contribution is 0.0224. The summed E-state index contributed by atoms with van der Waals surface area (Å²) in [6.45, 7) is 6.54. The molecule has 192 valence electrons. The molecular weight excluding hydrogens is 517 g/mol. The van der Waals surface area contributed by atoms with Crippen molar-refractivity contribution in [3.8, 4) is 5.88 Å². The molecule has 0 unspecified atom stereocenters. The van der Waals surface area contributed by atoms with Gasteiger partial charge in [-0.05, 0) is 62.6 Å². The van der Waals surface area contributed by atoms with Crippen molar-refractivity contribution in [2.24, 2.45) is 0 Å². The van der Waals surface area contributed by atoms with Crippen molar-refractivity contribution in [2.75, 3.05) is 23.5 Å². The number of amides is 2. The molecule has 1 N–H and O–H groups in total. The Kier molecular flexibility index (Phi) is 6.59. The molecule has 0 atom stereocenters. The normalized spacial score (nSPS) is 15.0. The van der Waals surface area contributed by atoms with E-state index in [1.165, 1.54) is 11.1 Å². The molecule has 2 aliphatic rings. The summed E-state index contributed by atoms with van der Waals surface area (Å²) in [4.78, 5) is 37.3. The van der Waals surface area contributed by atoms with Crippen LogP contribution in [0.3, 0.4) is 0 Å². The molecule has 2 aliphatic heterocycles. The third kappa shape index (κ3) is 5.28. The van der Waals surface area contributed by atoms with Crippen LogP contribution in [0.4, 0.5) is 22.1 Å². The first-order chi connectivity index (χ1) is 17.6. The molecule has 3 aromatic rings. The first kappa shape index (κ1) is 25.1. The maximum absolute atomic E-state index is 13.1. The average molecular weight is 542 g/mol. The van der Waals surface area contributed by atoms with E-state index in [2.05, 4.69) is 15.3 Å². The summed E-state index contributed by atoms with van der Waals surface area (Å²) in [5, 5.41) is 3.85. The number of nitrogens with one attached hydrogen (secondary N) is 1. The fourth-order valence-electron chi connectivity index (χ4n) is 4.17. The molecular formula is C26H25Cl2N5O4. The summed E-state index contributed by atoms with van der Waals surface area (Å²) in [7, 11) is 0. The number of nitrogens with zero attached hydrogens (tertiary/aromatic N) is 4. The number of anilines is 3. The highest BCUT2D eigenvalue weighted by Gasteiger charge is 2.31. The fraction of sp³-hybridized carbons (Fsp3) is 0.308. The van der Waals surface area contributed by atoms with Crippen molar-refractivity contribution >= 4 is 52.5 Å². The van der Waals surface area contributed by atoms with Gasteiger partial charge in [0.1, 0.15) is 11.2 Å². The Bertz CT molecular complexity index is 1370. The Balaban J connectivity index is 1.29. The minimum Gasteiger partial charge on any atom is -0.455 e. The Morgan fingerprint density at radius 2 is 1.89 bits per heavy atom. The Morgan fingerprint density at radius 1 is 1.14 bits per heavy atom. The van der Waals surface area contributed by atoms with Gasteiger partial charge in [-0.3, -0.25) is 9.69 Å². The maximum atomic E-state index is 13.1. The number of aromatic nitrogens is 2. The molecule has 9 nitrogen and oxygen atoms in total. The van der Waals surface area contributed by atoms with Crippen LogP contribution in [0.1, 0.15) is 42.3 Å². The second-order valence-corrected chi connectivity index (χ2v) is 10.6. The number of para-hydroxylation sites is 1. The van der Waals surface area contributed by atoms with Crippen molar-refractivity contribution in [3.63, 3.8) is 0 Å². The molecule has 0 saturated carbocycles. The average Bonchev–Trinajstić information content (AvgIpc) is 2.84. The number of ether oxygens (including phenoxy) is 2. The first-order valence-corrected chi connectivity index (χ1v) is 12.5. The van der Waals surface area contributed by atoms with Crippen molar-refractivity contribution in [1.29, 1.82) is 0 Å². The lowest BCUT2D eigenvalue weighted by atomic mass is 9.99. The molecule has 0 spiro atoms. The van der Waals surface area contributed by atoms with Gasteiger partial charge in [-0.15, -0.1) is 0 Å². The molecule has 0 fully saturated rings. The predicted molar refractivity (Wildman–Crippen MR) is 141 cm³/mol. The van der Waals surface area contributed by atoms with Crippen LogP contribution in [-0.4, -0.2) is 45.7 Å². The van der Waals surface area contributed by atoms with E-state index in [4.69, 9.17) is 32.7 Å². The molecule has 0 aliphatic carbocycles. The summed E-state index contributed by atoms with van der Waals surface area (Å²) < 4.78 is 11.3. The molecule has 37 heavy (non-hydrogen) atoms. The smallest absolute Gasteiger partial charge is 0.410 e. The van der Waals surface area contributed by atoms with Gasteiger partial charge in [0.2, 0.25) is 11.8 Å². The molecule has 5 rings (SSSR count). The van der Waals surface area contributed by atoms with Crippen molar-refractivity contribution < 1.29 is 19.1 Å². The van der Waals surface area contributed by atoms with Crippen molar-refractivity contribution in [3.05, 3.63) is 69.3 Å². The topological polar surface area (TPSA) is 96.9 Å². The largest absolute Gasteiger partial charge is 0.455 e. The third-order valence-corrected chi connectivity index (χ3v) is 6.50. The summed E-state index contributed by atoms with van der Waals surface area (Å²) in [5.41, 5.74) is 3.02. The standard InChI is InChI=1S/C26H25Cl2N5O4/c1-26(2,3)37-25(35)32-10-9-15-11-17(8-7-16(15)13-32)30-24-29-12-18-22(31-24)36-14-33(23(18)34)21-19(27)5-4-6-20(21)28/h4-8,11-12H,9-10,13-14H2,1-3H3,(H,29,30,31). The number of halogens is 2. The zero-order chi connectivity index (χ0) is 26.3. The fourth-order valence-corrected chi connectivity index (χ4v) is 4.77. The molecule has 0 saturated heterocycles. The number of carbonyl (C=O) groups excluding carboxylic acids is 2. The van der Waals surface area contributed by atoms with Crippen LogP contribution in [0.2, 0.25) is 10.0 Å². The van der Waals surface area contributed by atoms with Crippen molar-refractivity contribution in [2.45, 2.75) is 39.3 Å². The number of rotatable bonds is 3. The number of fused-ring (bicyclic) bond motifs is 2. The quantitative estimate of drug-likeness (QED) is 0.446. The van der Waals surface area contributed by atoms with Gasteiger partial charge in [-0.25, -0.2) is 9.78 Å². The van der Waals surface area contributed by atoms with E-state index < -0.39 is 5.60 Å². The Morgan fingerprint density at radius 3 is 2.62 bits per heavy atom.